The maximum atomic E-state index is 12.3. The van der Waals surface area contributed by atoms with Crippen molar-refractivity contribution < 1.29 is 94.8 Å². The van der Waals surface area contributed by atoms with Gasteiger partial charge in [-0.3, -0.25) is 0 Å². The fourth-order valence-corrected chi connectivity index (χ4v) is 14.4. The van der Waals surface area contributed by atoms with Gasteiger partial charge in [-0.25, -0.2) is 0 Å². The molecule has 19 heteroatoms. The summed E-state index contributed by atoms with van der Waals surface area (Å²) in [4.78, 5) is 0. The van der Waals surface area contributed by atoms with E-state index in [4.69, 9.17) is 28.4 Å². The molecular formula is C47H80O19. The molecule has 19 nitrogen and oxygen atoms in total. The number of ether oxygens (including phenoxy) is 6. The Morgan fingerprint density at radius 3 is 1.94 bits per heavy atom. The first kappa shape index (κ1) is 52.8. The van der Waals surface area contributed by atoms with Crippen LogP contribution in [0.25, 0.3) is 0 Å². The minimum Gasteiger partial charge on any atom is -0.396 e. The van der Waals surface area contributed by atoms with E-state index in [1.165, 1.54) is 0 Å². The average Bonchev–Trinajstić information content (AvgIpc) is 3.29. The van der Waals surface area contributed by atoms with Crippen molar-refractivity contribution in [2.24, 2.45) is 44.8 Å². The number of rotatable bonds is 14. The summed E-state index contributed by atoms with van der Waals surface area (Å²) in [6.45, 7) is 8.76. The van der Waals surface area contributed by atoms with Crippen molar-refractivity contribution in [2.75, 3.05) is 39.6 Å². The second-order valence-corrected chi connectivity index (χ2v) is 22.1. The number of aliphatic hydroxyl groups is 13. The van der Waals surface area contributed by atoms with Gasteiger partial charge >= 0.3 is 0 Å². The maximum absolute atomic E-state index is 12.3. The third-order valence-electron chi connectivity index (χ3n) is 18.8. The lowest BCUT2D eigenvalue weighted by Crippen LogP contribution is -2.69. The van der Waals surface area contributed by atoms with E-state index in [9.17, 15) is 66.4 Å². The lowest BCUT2D eigenvalue weighted by Gasteiger charge is -2.72. The molecule has 0 amide bonds. The van der Waals surface area contributed by atoms with Crippen molar-refractivity contribution in [3.8, 4) is 0 Å². The molecule has 0 aromatic heterocycles. The highest BCUT2D eigenvalue weighted by molar-refractivity contribution is 5.19. The average molecular weight is 949 g/mol. The topological polar surface area (TPSA) is 318 Å². The Kier molecular flexibility index (Phi) is 16.2. The fourth-order valence-electron chi connectivity index (χ4n) is 14.4. The lowest BCUT2D eigenvalue weighted by molar-refractivity contribution is -0.375. The summed E-state index contributed by atoms with van der Waals surface area (Å²) in [6.07, 6.45) is -14.6. The van der Waals surface area contributed by atoms with Crippen molar-refractivity contribution in [2.45, 2.75) is 197 Å². The molecule has 0 spiro atoms. The fraction of sp³-hybridized carbons (Fsp3) is 0.957. The molecule has 0 bridgehead atoms. The van der Waals surface area contributed by atoms with E-state index in [0.717, 1.165) is 31.3 Å². The first-order chi connectivity index (χ1) is 31.1. The van der Waals surface area contributed by atoms with Crippen LogP contribution in [-0.4, -0.2) is 204 Å². The van der Waals surface area contributed by atoms with Gasteiger partial charge in [-0.1, -0.05) is 39.3 Å². The first-order valence-corrected chi connectivity index (χ1v) is 24.2. The maximum Gasteiger partial charge on any atom is 0.187 e. The van der Waals surface area contributed by atoms with Gasteiger partial charge in [-0.05, 0) is 105 Å². The van der Waals surface area contributed by atoms with Crippen LogP contribution in [0.5, 0.6) is 0 Å². The molecule has 382 valence electrons. The first-order valence-electron chi connectivity index (χ1n) is 24.2. The molecule has 0 aromatic rings. The van der Waals surface area contributed by atoms with Crippen LogP contribution < -0.4 is 0 Å². The van der Waals surface area contributed by atoms with Gasteiger partial charge in [0.05, 0.1) is 51.8 Å². The van der Waals surface area contributed by atoms with Gasteiger partial charge < -0.3 is 94.8 Å². The molecular weight excluding hydrogens is 868 g/mol. The van der Waals surface area contributed by atoms with Gasteiger partial charge in [-0.2, -0.15) is 0 Å². The zero-order chi connectivity index (χ0) is 48.3. The van der Waals surface area contributed by atoms with Crippen LogP contribution in [0.1, 0.15) is 98.8 Å². The molecule has 0 unspecified atom stereocenters. The van der Waals surface area contributed by atoms with Gasteiger partial charge in [-0.15, -0.1) is 0 Å². The van der Waals surface area contributed by atoms with Crippen molar-refractivity contribution in [3.63, 3.8) is 0 Å². The van der Waals surface area contributed by atoms with Crippen molar-refractivity contribution in [1.29, 1.82) is 0 Å². The summed E-state index contributed by atoms with van der Waals surface area (Å²) in [5.41, 5.74) is -1.71. The number of fused-ring (bicyclic) bond motifs is 5. The van der Waals surface area contributed by atoms with Gasteiger partial charge in [0.25, 0.3) is 0 Å². The Hall–Kier alpha value is -1.02. The Labute approximate surface area is 387 Å². The molecule has 3 heterocycles. The summed E-state index contributed by atoms with van der Waals surface area (Å²) in [7, 11) is 0. The molecule has 3 aliphatic heterocycles. The van der Waals surface area contributed by atoms with Crippen molar-refractivity contribution in [1.82, 2.24) is 0 Å². The highest BCUT2D eigenvalue weighted by Gasteiger charge is 2.70. The van der Waals surface area contributed by atoms with Crippen LogP contribution >= 0.6 is 0 Å². The van der Waals surface area contributed by atoms with Crippen LogP contribution in [0.3, 0.4) is 0 Å². The Morgan fingerprint density at radius 2 is 1.29 bits per heavy atom. The lowest BCUT2D eigenvalue weighted by atomic mass is 9.33. The van der Waals surface area contributed by atoms with Gasteiger partial charge in [0.2, 0.25) is 0 Å². The van der Waals surface area contributed by atoms with Crippen LogP contribution in [0.4, 0.5) is 0 Å². The van der Waals surface area contributed by atoms with E-state index < -0.39 is 129 Å². The van der Waals surface area contributed by atoms with Gasteiger partial charge in [0.15, 0.2) is 18.9 Å². The smallest absolute Gasteiger partial charge is 0.187 e. The van der Waals surface area contributed by atoms with E-state index in [1.807, 2.05) is 19.9 Å². The van der Waals surface area contributed by atoms with E-state index in [0.29, 0.717) is 38.5 Å². The summed E-state index contributed by atoms with van der Waals surface area (Å²) < 4.78 is 36.8. The van der Waals surface area contributed by atoms with Crippen LogP contribution in [0, 0.1) is 44.8 Å². The monoisotopic (exact) mass is 949 g/mol. The molecule has 0 radical (unpaired) electrons. The summed E-state index contributed by atoms with van der Waals surface area (Å²) >= 11 is 0. The Morgan fingerprint density at radius 1 is 0.636 bits per heavy atom. The molecule has 3 saturated heterocycles. The number of allylic oxidation sites excluding steroid dienone is 1. The molecule has 4 saturated carbocycles. The van der Waals surface area contributed by atoms with E-state index in [-0.39, 0.29) is 53.8 Å². The molecule has 7 aliphatic rings. The molecule has 7 rings (SSSR count). The van der Waals surface area contributed by atoms with E-state index in [1.54, 1.807) is 0 Å². The second-order valence-electron chi connectivity index (χ2n) is 22.1. The Bertz CT molecular complexity index is 1660. The van der Waals surface area contributed by atoms with Crippen molar-refractivity contribution in [3.05, 3.63) is 11.6 Å². The molecule has 24 atom stereocenters. The Balaban J connectivity index is 1.20. The summed E-state index contributed by atoms with van der Waals surface area (Å²) in [5.74, 6) is -0.0855. The van der Waals surface area contributed by atoms with Crippen LogP contribution in [0.2, 0.25) is 0 Å². The van der Waals surface area contributed by atoms with Gasteiger partial charge in [0.1, 0.15) is 67.1 Å². The zero-order valence-corrected chi connectivity index (χ0v) is 39.1. The van der Waals surface area contributed by atoms with Crippen LogP contribution in [0.15, 0.2) is 11.6 Å². The minimum atomic E-state index is -1.75. The summed E-state index contributed by atoms with van der Waals surface area (Å²) in [5, 5.41) is 139. The molecule has 4 aliphatic carbocycles. The van der Waals surface area contributed by atoms with E-state index >= 15 is 0 Å². The van der Waals surface area contributed by atoms with Crippen molar-refractivity contribution >= 4 is 0 Å². The van der Waals surface area contributed by atoms with Crippen LogP contribution in [-0.2, 0) is 28.4 Å². The normalized spacial score (nSPS) is 53.4. The predicted octanol–water partition coefficient (Wildman–Crippen LogP) is -1.44. The zero-order valence-electron chi connectivity index (χ0n) is 39.1. The third-order valence-corrected chi connectivity index (χ3v) is 18.8. The highest BCUT2D eigenvalue weighted by atomic mass is 16.8. The molecule has 66 heavy (non-hydrogen) atoms. The quantitative estimate of drug-likeness (QED) is 0.0701. The molecule has 13 N–H and O–H groups in total. The SMILES string of the molecule is C/C(=C\CC[C@]1(CO)CC[C@]2(C)[C@H](CC[C@@H]3[C@@]4(C)CC[C@H](O[C@@H]5O[C@H](CO)[C@@H](O)[C@H](O)[C@H]5O[C@@H]5OC[C@@H](O)[C@H](O)[C@H]5O)[C@@](C)(CO[C@@H]5O[C@H](CO)[C@@H](O)[C@H](O)[C@H]5O)[C@@H]4CC[C@]32C)[C@H]1O)CO. The molecule has 0 aromatic carbocycles. The third kappa shape index (κ3) is 8.89. The standard InChI is InChI=1S/C47H80O19/c1-23(17-48)7-6-12-47(21-51)16-15-45(4)24(39(47)60)8-9-29-43(2)13-11-30(65-42-38(35(57)33(55)27(19-50)64-42)66-40-36(58)31(53)25(52)20-61-40)44(3,28(43)10-14-46(29,45)5)22-62-41-37(59)34(56)32(54)26(18-49)63-41/h7,24-42,48-60H,6,8-22H2,1-5H3/b23-7+/t24-,25-,26-,27-,28-,29-,30+,31+,32-,33-,34+,35+,36-,37-,38-,39-,40+,41-,42+,43+,44+,45-,46-,47-/m1/s1. The molecule has 7 fully saturated rings. The van der Waals surface area contributed by atoms with E-state index in [2.05, 4.69) is 20.8 Å². The van der Waals surface area contributed by atoms with Gasteiger partial charge in [0, 0.05) is 10.8 Å². The number of hydrogen-bond acceptors (Lipinski definition) is 19. The predicted molar refractivity (Wildman–Crippen MR) is 230 cm³/mol. The number of hydrogen-bond donors (Lipinski definition) is 13. The largest absolute Gasteiger partial charge is 0.396 e. The second kappa shape index (κ2) is 20.2. The minimum absolute atomic E-state index is 0.0412. The summed E-state index contributed by atoms with van der Waals surface area (Å²) in [6, 6.07) is 0. The highest BCUT2D eigenvalue weighted by Crippen LogP contribution is 2.75. The number of aliphatic hydroxyl groups excluding tert-OH is 13.